The maximum absolute atomic E-state index is 12.5. The van der Waals surface area contributed by atoms with Gasteiger partial charge >= 0.3 is 6.03 Å². The molecule has 2 aromatic carbocycles. The molecule has 0 aromatic heterocycles. The lowest BCUT2D eigenvalue weighted by Crippen LogP contribution is -2.57. The number of anilines is 1. The van der Waals surface area contributed by atoms with Crippen LogP contribution in [0.3, 0.4) is 0 Å². The maximum Gasteiger partial charge on any atom is 0.347 e. The first-order valence-corrected chi connectivity index (χ1v) is 8.57. The van der Waals surface area contributed by atoms with Gasteiger partial charge in [-0.05, 0) is 25.3 Å². The topological polar surface area (TPSA) is 81.8 Å². The molecule has 6 nitrogen and oxygen atoms in total. The Morgan fingerprint density at radius 1 is 1.33 bits per heavy atom. The lowest BCUT2D eigenvalue weighted by atomic mass is 10.1. The highest BCUT2D eigenvalue weighted by Crippen LogP contribution is 2.40. The number of nitrogens with zero attached hydrogens (tertiary/aromatic N) is 2. The van der Waals surface area contributed by atoms with Crippen LogP contribution in [0.2, 0.25) is 0 Å². The molecule has 4 N–H and O–H groups in total. The lowest BCUT2D eigenvalue weighted by Gasteiger charge is -2.34. The number of urea groups is 1. The average molecular weight is 362 g/mol. The molecule has 0 bridgehead atoms. The summed E-state index contributed by atoms with van der Waals surface area (Å²) in [5.74, 6) is 5.91. The van der Waals surface area contributed by atoms with Crippen LogP contribution in [0, 0.1) is 0 Å². The summed E-state index contributed by atoms with van der Waals surface area (Å²) in [7, 11) is 0. The number of benzene rings is 2. The lowest BCUT2D eigenvalue weighted by molar-refractivity contribution is -0.114. The van der Waals surface area contributed by atoms with Crippen molar-refractivity contribution in [1.82, 2.24) is 10.1 Å². The van der Waals surface area contributed by atoms with Gasteiger partial charge in [0.1, 0.15) is 0 Å². The summed E-state index contributed by atoms with van der Waals surface area (Å²) in [6.07, 6.45) is -0.759. The summed E-state index contributed by atoms with van der Waals surface area (Å²) in [5, 5.41) is 16.9. The molecule has 0 aliphatic carbocycles. The summed E-state index contributed by atoms with van der Waals surface area (Å²) in [6.45, 7) is 3.74. The number of thiocarbonyl (C=S) groups is 1. The van der Waals surface area contributed by atoms with Gasteiger partial charge in [0, 0.05) is 5.39 Å². The molecule has 24 heavy (non-hydrogen) atoms. The quantitative estimate of drug-likeness (QED) is 0.329. The minimum absolute atomic E-state index is 0.432. The molecule has 1 unspecified atom stereocenters. The number of hydroxylamine groups is 2. The Bertz CT molecular complexity index is 806. The number of fused-ring (bicyclic) bond motifs is 1. The number of nitrogens with two attached hydrogens (primary N) is 1. The van der Waals surface area contributed by atoms with E-state index in [1.165, 1.54) is 16.8 Å². The number of amides is 2. The highest BCUT2D eigenvalue weighted by atomic mass is 32.2. The number of hydrogen-bond acceptors (Lipinski definition) is 5. The van der Waals surface area contributed by atoms with Crippen molar-refractivity contribution in [1.29, 1.82) is 0 Å². The third-order valence-electron chi connectivity index (χ3n) is 3.92. The van der Waals surface area contributed by atoms with Crippen molar-refractivity contribution in [3.8, 4) is 0 Å². The predicted molar refractivity (Wildman–Crippen MR) is 101 cm³/mol. The first kappa shape index (κ1) is 17.0. The van der Waals surface area contributed by atoms with Crippen LogP contribution in [0.5, 0.6) is 0 Å². The third kappa shape index (κ3) is 2.93. The Balaban J connectivity index is 1.85. The molecule has 3 rings (SSSR count). The molecule has 0 radical (unpaired) electrons. The fraction of sp³-hybridized carbons (Fsp3) is 0.250. The molecule has 8 heteroatoms. The predicted octanol–water partition coefficient (Wildman–Crippen LogP) is 3.38. The molecular weight excluding hydrogens is 344 g/mol. The van der Waals surface area contributed by atoms with E-state index >= 15 is 0 Å². The molecular formula is C16H18N4O2S2. The van der Waals surface area contributed by atoms with Gasteiger partial charge in [-0.3, -0.25) is 10.2 Å². The Hall–Kier alpha value is -1.87. The fourth-order valence-electron chi connectivity index (χ4n) is 2.80. The Morgan fingerprint density at radius 3 is 2.67 bits per heavy atom. The van der Waals surface area contributed by atoms with Gasteiger partial charge in [-0.2, -0.15) is 5.06 Å². The molecule has 0 spiro atoms. The Kier molecular flexibility index (Phi) is 4.39. The van der Waals surface area contributed by atoms with Crippen molar-refractivity contribution in [2.24, 2.45) is 5.84 Å². The van der Waals surface area contributed by atoms with Crippen LogP contribution in [0.1, 0.15) is 13.8 Å². The number of carbonyl (C=O) groups is 1. The van der Waals surface area contributed by atoms with Crippen molar-refractivity contribution < 1.29 is 10.0 Å². The minimum Gasteiger partial charge on any atom is -0.305 e. The number of hydrazine groups is 1. The van der Waals surface area contributed by atoms with Gasteiger partial charge in [0.2, 0.25) is 0 Å². The number of carbonyl (C=O) groups excluding carboxylic acids is 1. The molecule has 1 heterocycles. The number of hydrogen-bond donors (Lipinski definition) is 3. The van der Waals surface area contributed by atoms with E-state index in [9.17, 15) is 10.0 Å². The normalized spacial score (nSPS) is 19.6. The smallest absolute Gasteiger partial charge is 0.305 e. The maximum atomic E-state index is 12.5. The van der Waals surface area contributed by atoms with Crippen molar-refractivity contribution in [2.45, 2.75) is 24.8 Å². The van der Waals surface area contributed by atoms with Gasteiger partial charge in [-0.15, -0.1) is 0 Å². The van der Waals surface area contributed by atoms with Gasteiger partial charge in [0.15, 0.2) is 10.5 Å². The summed E-state index contributed by atoms with van der Waals surface area (Å²) in [4.78, 5) is 12.5. The molecule has 1 aliphatic heterocycles. The van der Waals surface area contributed by atoms with E-state index in [0.29, 0.717) is 15.1 Å². The third-order valence-corrected chi connectivity index (χ3v) is 5.50. The molecule has 1 fully saturated rings. The zero-order valence-corrected chi connectivity index (χ0v) is 14.9. The van der Waals surface area contributed by atoms with Crippen molar-refractivity contribution in [2.75, 3.05) is 5.32 Å². The van der Waals surface area contributed by atoms with Crippen LogP contribution in [-0.2, 0) is 0 Å². The monoisotopic (exact) mass is 362 g/mol. The van der Waals surface area contributed by atoms with E-state index in [1.807, 2.05) is 50.2 Å². The van der Waals surface area contributed by atoms with Crippen molar-refractivity contribution in [3.05, 3.63) is 42.5 Å². The average Bonchev–Trinajstić information content (AvgIpc) is 2.74. The van der Waals surface area contributed by atoms with Crippen LogP contribution < -0.4 is 11.2 Å². The van der Waals surface area contributed by atoms with Gasteiger partial charge < -0.3 is 5.32 Å². The standard InChI is InChI=1S/C16H18N4O2S2/c1-16(2)13(19(17)15(23)24-16)20(22)14(21)18-12-9-5-7-10-6-3-4-8-11(10)12/h3-9,13,22H,17H2,1-2H3,(H,18,21). The molecule has 1 saturated heterocycles. The van der Waals surface area contributed by atoms with E-state index in [2.05, 4.69) is 5.32 Å². The van der Waals surface area contributed by atoms with E-state index in [0.717, 1.165) is 10.8 Å². The highest BCUT2D eigenvalue weighted by Gasteiger charge is 2.48. The zero-order chi connectivity index (χ0) is 17.5. The van der Waals surface area contributed by atoms with Gasteiger partial charge in [-0.25, -0.2) is 10.6 Å². The van der Waals surface area contributed by atoms with Gasteiger partial charge in [0.05, 0.1) is 10.4 Å². The first-order chi connectivity index (χ1) is 11.3. The molecule has 2 aromatic rings. The number of nitrogens with one attached hydrogen (secondary N) is 1. The van der Waals surface area contributed by atoms with Crippen LogP contribution in [0.4, 0.5) is 10.5 Å². The summed E-state index contributed by atoms with van der Waals surface area (Å²) in [6, 6.07) is 12.6. The minimum atomic E-state index is -0.759. The number of rotatable bonds is 2. The molecule has 0 saturated carbocycles. The van der Waals surface area contributed by atoms with E-state index in [1.54, 1.807) is 6.07 Å². The van der Waals surface area contributed by atoms with E-state index in [-0.39, 0.29) is 0 Å². The first-order valence-electron chi connectivity index (χ1n) is 7.35. The Labute approximate surface area is 149 Å². The second-order valence-electron chi connectivity index (χ2n) is 6.05. The van der Waals surface area contributed by atoms with Crippen molar-refractivity contribution >= 4 is 50.8 Å². The fourth-order valence-corrected chi connectivity index (χ4v) is 4.51. The molecule has 126 valence electrons. The van der Waals surface area contributed by atoms with Crippen molar-refractivity contribution in [3.63, 3.8) is 0 Å². The van der Waals surface area contributed by atoms with Crippen LogP contribution in [0.25, 0.3) is 10.8 Å². The van der Waals surface area contributed by atoms with E-state index < -0.39 is 16.9 Å². The second kappa shape index (κ2) is 6.21. The molecule has 2 amide bonds. The van der Waals surface area contributed by atoms with Crippen LogP contribution >= 0.6 is 24.0 Å². The van der Waals surface area contributed by atoms with Gasteiger partial charge in [-0.1, -0.05) is 60.4 Å². The zero-order valence-electron chi connectivity index (χ0n) is 13.3. The van der Waals surface area contributed by atoms with Crippen LogP contribution in [-0.4, -0.2) is 36.5 Å². The summed E-state index contributed by atoms with van der Waals surface area (Å²) in [5.41, 5.74) is 0.617. The Morgan fingerprint density at radius 2 is 2.00 bits per heavy atom. The van der Waals surface area contributed by atoms with Crippen LogP contribution in [0.15, 0.2) is 42.5 Å². The van der Waals surface area contributed by atoms with Gasteiger partial charge in [0.25, 0.3) is 0 Å². The van der Waals surface area contributed by atoms with E-state index in [4.69, 9.17) is 18.1 Å². The number of thioether (sulfide) groups is 1. The summed E-state index contributed by atoms with van der Waals surface area (Å²) < 4.78 is -0.0987. The molecule has 1 atom stereocenters. The SMILES string of the molecule is CC1(C)SC(=S)N(N)C1N(O)C(=O)Nc1cccc2ccccc12. The largest absolute Gasteiger partial charge is 0.347 e. The summed E-state index contributed by atoms with van der Waals surface area (Å²) >= 11 is 6.51. The molecule has 1 aliphatic rings. The highest BCUT2D eigenvalue weighted by molar-refractivity contribution is 8.24. The second-order valence-corrected chi connectivity index (χ2v) is 8.34.